The van der Waals surface area contributed by atoms with Crippen molar-refractivity contribution >= 4 is 48.7 Å². The Hall–Kier alpha value is -3.84. The highest BCUT2D eigenvalue weighted by Crippen LogP contribution is 2.35. The summed E-state index contributed by atoms with van der Waals surface area (Å²) in [5.41, 5.74) is 0.153. The van der Waals surface area contributed by atoms with E-state index < -0.39 is 31.1 Å². The molecule has 0 aromatic heterocycles. The van der Waals surface area contributed by atoms with Crippen molar-refractivity contribution in [2.75, 3.05) is 37.3 Å². The van der Waals surface area contributed by atoms with E-state index in [9.17, 15) is 21.6 Å². The molecule has 10 nitrogen and oxygen atoms in total. The average Bonchev–Trinajstić information content (AvgIpc) is 3.47. The Morgan fingerprint density at radius 2 is 1.49 bits per heavy atom. The number of hydrogen-bond donors (Lipinski definition) is 2. The van der Waals surface area contributed by atoms with Gasteiger partial charge < -0.3 is 14.8 Å². The van der Waals surface area contributed by atoms with Gasteiger partial charge >= 0.3 is 0 Å². The maximum atomic E-state index is 13.4. The molecule has 3 aromatic rings. The van der Waals surface area contributed by atoms with Crippen LogP contribution in [-0.4, -0.2) is 60.3 Å². The van der Waals surface area contributed by atoms with E-state index in [0.29, 0.717) is 18.1 Å². The Labute approximate surface area is 244 Å². The number of halogens is 1. The van der Waals surface area contributed by atoms with Crippen molar-refractivity contribution in [3.63, 3.8) is 0 Å². The maximum Gasteiger partial charge on any atom is 0.261 e. The van der Waals surface area contributed by atoms with Gasteiger partial charge in [0.05, 0.1) is 35.3 Å². The van der Waals surface area contributed by atoms with Crippen LogP contribution in [0.2, 0.25) is 5.02 Å². The van der Waals surface area contributed by atoms with Gasteiger partial charge in [-0.1, -0.05) is 29.8 Å². The van der Waals surface area contributed by atoms with E-state index in [-0.39, 0.29) is 38.2 Å². The second kappa shape index (κ2) is 12.4. The highest BCUT2D eigenvalue weighted by Gasteiger charge is 2.31. The molecule has 1 aliphatic rings. The third kappa shape index (κ3) is 6.57. The molecule has 1 heterocycles. The zero-order chi connectivity index (χ0) is 29.8. The normalized spacial score (nSPS) is 14.3. The minimum Gasteiger partial charge on any atom is -0.493 e. The van der Waals surface area contributed by atoms with Gasteiger partial charge in [0.25, 0.3) is 15.9 Å². The van der Waals surface area contributed by atoms with Gasteiger partial charge in [0.2, 0.25) is 0 Å². The molecule has 0 saturated heterocycles. The standard InChI is InChI=1S/C28H28ClN3O7S2/c1-4-27(32-15-5-6-16-32)40(34,35)21-13-9-20(10-14-21)30-28(33)23-17-25(38-2)26(39-3)18-24(23)31-41(36,37)22-11-7-19(29)8-12-22/h4-14,17-18,27,31H,1,15-16H2,2-3H3,(H,30,33). The number of methoxy groups -OCH3 is 2. The maximum absolute atomic E-state index is 13.4. The number of carbonyl (C=O) groups is 1. The van der Waals surface area contributed by atoms with Crippen molar-refractivity contribution in [1.82, 2.24) is 4.90 Å². The summed E-state index contributed by atoms with van der Waals surface area (Å²) in [5, 5.41) is 2.14. The molecule has 1 atom stereocenters. The molecule has 0 saturated carbocycles. The molecular weight excluding hydrogens is 590 g/mol. The van der Waals surface area contributed by atoms with Crippen LogP contribution >= 0.6 is 11.6 Å². The van der Waals surface area contributed by atoms with E-state index in [2.05, 4.69) is 16.6 Å². The molecule has 41 heavy (non-hydrogen) atoms. The lowest BCUT2D eigenvalue weighted by Crippen LogP contribution is -2.38. The number of carbonyl (C=O) groups excluding carboxylic acids is 1. The van der Waals surface area contributed by atoms with Crippen molar-refractivity contribution in [3.8, 4) is 11.5 Å². The van der Waals surface area contributed by atoms with Gasteiger partial charge in [-0.05, 0) is 54.6 Å². The molecule has 1 amide bonds. The van der Waals surface area contributed by atoms with Gasteiger partial charge in [-0.3, -0.25) is 14.4 Å². The van der Waals surface area contributed by atoms with Crippen molar-refractivity contribution in [2.24, 2.45) is 0 Å². The van der Waals surface area contributed by atoms with Crippen LogP contribution in [0, 0.1) is 0 Å². The summed E-state index contributed by atoms with van der Waals surface area (Å²) in [5.74, 6) is -0.291. The van der Waals surface area contributed by atoms with E-state index in [4.69, 9.17) is 21.1 Å². The number of amides is 1. The van der Waals surface area contributed by atoms with Crippen LogP contribution in [0.15, 0.2) is 95.3 Å². The molecule has 0 radical (unpaired) electrons. The minimum absolute atomic E-state index is 0.0647. The molecule has 3 aromatic carbocycles. The van der Waals surface area contributed by atoms with Gasteiger partial charge in [0, 0.05) is 29.9 Å². The third-order valence-electron chi connectivity index (χ3n) is 6.30. The average molecular weight is 618 g/mol. The topological polar surface area (TPSA) is 131 Å². The number of sulfonamides is 1. The smallest absolute Gasteiger partial charge is 0.261 e. The van der Waals surface area contributed by atoms with E-state index >= 15 is 0 Å². The summed E-state index contributed by atoms with van der Waals surface area (Å²) in [6.07, 6.45) is 5.17. The molecule has 0 aliphatic carbocycles. The predicted octanol–water partition coefficient (Wildman–Crippen LogP) is 4.57. The van der Waals surface area contributed by atoms with Crippen LogP contribution in [-0.2, 0) is 19.9 Å². The van der Waals surface area contributed by atoms with E-state index in [0.717, 1.165) is 0 Å². The lowest BCUT2D eigenvalue weighted by Gasteiger charge is -2.24. The number of anilines is 2. The molecule has 0 bridgehead atoms. The Bertz CT molecular complexity index is 1680. The number of rotatable bonds is 11. The van der Waals surface area contributed by atoms with E-state index in [1.54, 1.807) is 4.90 Å². The number of nitrogens with zero attached hydrogens (tertiary/aromatic N) is 1. The lowest BCUT2D eigenvalue weighted by molar-refractivity contribution is 0.102. The van der Waals surface area contributed by atoms with Crippen LogP contribution < -0.4 is 19.5 Å². The van der Waals surface area contributed by atoms with Gasteiger partial charge in [-0.2, -0.15) is 0 Å². The molecule has 216 valence electrons. The molecule has 1 unspecified atom stereocenters. The number of benzene rings is 3. The number of nitrogens with one attached hydrogen (secondary N) is 2. The summed E-state index contributed by atoms with van der Waals surface area (Å²) in [7, 11) is -5.12. The highest BCUT2D eigenvalue weighted by molar-refractivity contribution is 7.92. The number of ether oxygens (including phenoxy) is 2. The van der Waals surface area contributed by atoms with Crippen LogP contribution in [0.3, 0.4) is 0 Å². The number of hydrogen-bond acceptors (Lipinski definition) is 8. The fourth-order valence-electron chi connectivity index (χ4n) is 4.21. The van der Waals surface area contributed by atoms with Crippen molar-refractivity contribution in [3.05, 3.63) is 96.1 Å². The van der Waals surface area contributed by atoms with Crippen molar-refractivity contribution < 1.29 is 31.1 Å². The summed E-state index contributed by atoms with van der Waals surface area (Å²) in [6.45, 7) is 4.69. The van der Waals surface area contributed by atoms with Crippen LogP contribution in [0.1, 0.15) is 10.4 Å². The zero-order valence-electron chi connectivity index (χ0n) is 22.2. The Kier molecular flexibility index (Phi) is 9.08. The zero-order valence-corrected chi connectivity index (χ0v) is 24.6. The van der Waals surface area contributed by atoms with Gasteiger partial charge in [0.1, 0.15) is 5.37 Å². The lowest BCUT2D eigenvalue weighted by atomic mass is 10.1. The van der Waals surface area contributed by atoms with Crippen LogP contribution in [0.25, 0.3) is 0 Å². The largest absolute Gasteiger partial charge is 0.493 e. The first-order valence-corrected chi connectivity index (χ1v) is 15.6. The summed E-state index contributed by atoms with van der Waals surface area (Å²) in [4.78, 5) is 15.1. The molecule has 13 heteroatoms. The molecule has 0 fully saturated rings. The monoisotopic (exact) mass is 617 g/mol. The molecular formula is C28H28ClN3O7S2. The Balaban J connectivity index is 1.62. The van der Waals surface area contributed by atoms with Crippen molar-refractivity contribution in [2.45, 2.75) is 15.2 Å². The second-order valence-corrected chi connectivity index (χ2v) is 13.1. The molecule has 1 aliphatic heterocycles. The first-order valence-electron chi connectivity index (χ1n) is 12.2. The summed E-state index contributed by atoms with van der Waals surface area (Å²) in [6, 6.07) is 13.9. The fourth-order valence-corrected chi connectivity index (χ4v) is 7.02. The van der Waals surface area contributed by atoms with E-state index in [1.807, 2.05) is 12.2 Å². The molecule has 4 rings (SSSR count). The van der Waals surface area contributed by atoms with Gasteiger partial charge in [0.15, 0.2) is 21.3 Å². The Morgan fingerprint density at radius 3 is 2.05 bits per heavy atom. The van der Waals surface area contributed by atoms with Gasteiger partial charge in [-0.15, -0.1) is 6.58 Å². The van der Waals surface area contributed by atoms with Gasteiger partial charge in [-0.25, -0.2) is 16.8 Å². The first-order chi connectivity index (χ1) is 19.5. The predicted molar refractivity (Wildman–Crippen MR) is 158 cm³/mol. The van der Waals surface area contributed by atoms with E-state index in [1.165, 1.54) is 81.0 Å². The quantitative estimate of drug-likeness (QED) is 0.299. The second-order valence-electron chi connectivity index (χ2n) is 8.89. The minimum atomic E-state index is -4.11. The summed E-state index contributed by atoms with van der Waals surface area (Å²) >= 11 is 5.88. The first kappa shape index (κ1) is 30.1. The molecule has 2 N–H and O–H groups in total. The van der Waals surface area contributed by atoms with Crippen LogP contribution in [0.4, 0.5) is 11.4 Å². The highest BCUT2D eigenvalue weighted by atomic mass is 35.5. The number of sulfone groups is 1. The van der Waals surface area contributed by atoms with Crippen molar-refractivity contribution in [1.29, 1.82) is 0 Å². The summed E-state index contributed by atoms with van der Waals surface area (Å²) < 4.78 is 65.6. The third-order valence-corrected chi connectivity index (χ3v) is 9.99. The molecule has 0 spiro atoms. The SMILES string of the molecule is C=CC(N1CC=CC1)S(=O)(=O)c1ccc(NC(=O)c2cc(OC)c(OC)cc2NS(=O)(=O)c2ccc(Cl)cc2)cc1. The fraction of sp³-hybridized carbons (Fsp3) is 0.179. The Morgan fingerprint density at radius 1 is 0.927 bits per heavy atom. The van der Waals surface area contributed by atoms with Crippen LogP contribution in [0.5, 0.6) is 11.5 Å².